The summed E-state index contributed by atoms with van der Waals surface area (Å²) >= 11 is 6.00. The monoisotopic (exact) mass is 275 g/mol. The second-order valence-electron chi connectivity index (χ2n) is 3.73. The highest BCUT2D eigenvalue weighted by Gasteiger charge is 2.09. The molecule has 0 spiro atoms. The van der Waals surface area contributed by atoms with Crippen LogP contribution in [0, 0.1) is 11.3 Å². The molecule has 2 aromatic carbocycles. The molecule has 2 rings (SSSR count). The molecule has 0 radical (unpaired) electrons. The third-order valence-electron chi connectivity index (χ3n) is 2.44. The van der Waals surface area contributed by atoms with E-state index in [1.54, 1.807) is 36.4 Å². The molecule has 4 heteroatoms. The van der Waals surface area contributed by atoms with Gasteiger partial charge in [-0.1, -0.05) is 35.9 Å². The SMILES string of the molecule is N#Cc1cccc(CS(=O)c2ccccc2Cl)c1. The standard InChI is InChI=1S/C14H10ClNOS/c15-13-6-1-2-7-14(13)18(17)10-12-5-3-4-11(8-12)9-16/h1-8H,10H2. The topological polar surface area (TPSA) is 40.9 Å². The van der Waals surface area contributed by atoms with Crippen LogP contribution in [0.1, 0.15) is 11.1 Å². The third kappa shape index (κ3) is 2.98. The Balaban J connectivity index is 2.22. The Hall–Kier alpha value is -1.63. The molecule has 0 aliphatic rings. The first kappa shape index (κ1) is 12.8. The number of nitrogens with zero attached hydrogens (tertiary/aromatic N) is 1. The summed E-state index contributed by atoms with van der Waals surface area (Å²) in [5, 5.41) is 9.32. The van der Waals surface area contributed by atoms with Crippen LogP contribution in [0.3, 0.4) is 0 Å². The number of hydrogen-bond acceptors (Lipinski definition) is 2. The molecule has 1 unspecified atom stereocenters. The van der Waals surface area contributed by atoms with Gasteiger partial charge in [0.1, 0.15) is 0 Å². The summed E-state index contributed by atoms with van der Waals surface area (Å²) in [6.07, 6.45) is 0. The van der Waals surface area contributed by atoms with Gasteiger partial charge < -0.3 is 0 Å². The van der Waals surface area contributed by atoms with Crippen molar-refractivity contribution in [1.29, 1.82) is 5.26 Å². The fourth-order valence-electron chi connectivity index (χ4n) is 1.59. The predicted octanol–water partition coefficient (Wildman–Crippen LogP) is 3.52. The number of hydrogen-bond donors (Lipinski definition) is 0. The van der Waals surface area contributed by atoms with Crippen LogP contribution < -0.4 is 0 Å². The molecule has 90 valence electrons. The Bertz CT molecular complexity index is 634. The van der Waals surface area contributed by atoms with Crippen molar-refractivity contribution in [2.45, 2.75) is 10.6 Å². The minimum atomic E-state index is -1.20. The van der Waals surface area contributed by atoms with E-state index in [4.69, 9.17) is 16.9 Å². The Morgan fingerprint density at radius 3 is 2.67 bits per heavy atom. The molecule has 0 aliphatic carbocycles. The van der Waals surface area contributed by atoms with Crippen LogP contribution in [-0.2, 0) is 16.6 Å². The van der Waals surface area contributed by atoms with E-state index >= 15 is 0 Å². The quantitative estimate of drug-likeness (QED) is 0.860. The minimum Gasteiger partial charge on any atom is -0.254 e. The maximum absolute atomic E-state index is 12.2. The highest BCUT2D eigenvalue weighted by molar-refractivity contribution is 7.84. The van der Waals surface area contributed by atoms with Crippen LogP contribution in [-0.4, -0.2) is 4.21 Å². The second-order valence-corrected chi connectivity index (χ2v) is 5.56. The summed E-state index contributed by atoms with van der Waals surface area (Å²) in [6.45, 7) is 0. The van der Waals surface area contributed by atoms with E-state index in [1.807, 2.05) is 12.1 Å². The third-order valence-corrected chi connectivity index (χ3v) is 4.32. The van der Waals surface area contributed by atoms with Crippen LogP contribution >= 0.6 is 11.6 Å². The van der Waals surface area contributed by atoms with Gasteiger partial charge in [-0.25, -0.2) is 0 Å². The predicted molar refractivity (Wildman–Crippen MR) is 72.7 cm³/mol. The van der Waals surface area contributed by atoms with Gasteiger partial charge in [-0.05, 0) is 29.8 Å². The summed E-state index contributed by atoms with van der Waals surface area (Å²) in [4.78, 5) is 0.626. The molecule has 1 atom stereocenters. The summed E-state index contributed by atoms with van der Waals surface area (Å²) in [6, 6.07) is 16.3. The molecule has 0 N–H and O–H groups in total. The van der Waals surface area contributed by atoms with Gasteiger partial charge in [0.05, 0.1) is 38.1 Å². The van der Waals surface area contributed by atoms with E-state index in [0.29, 0.717) is 21.2 Å². The van der Waals surface area contributed by atoms with Gasteiger partial charge in [-0.15, -0.1) is 0 Å². The minimum absolute atomic E-state index is 0.360. The smallest absolute Gasteiger partial charge is 0.0991 e. The lowest BCUT2D eigenvalue weighted by molar-refractivity contribution is 0.682. The summed E-state index contributed by atoms with van der Waals surface area (Å²) in [7, 11) is -1.20. The van der Waals surface area contributed by atoms with Gasteiger partial charge in [0, 0.05) is 0 Å². The molecule has 0 aromatic heterocycles. The summed E-state index contributed by atoms with van der Waals surface area (Å²) < 4.78 is 12.2. The lowest BCUT2D eigenvalue weighted by atomic mass is 10.2. The molecule has 2 nitrogen and oxygen atoms in total. The fourth-order valence-corrected chi connectivity index (χ4v) is 3.14. The van der Waals surface area contributed by atoms with Gasteiger partial charge in [0.25, 0.3) is 0 Å². The molecule has 0 saturated carbocycles. The first-order chi connectivity index (χ1) is 8.70. The largest absolute Gasteiger partial charge is 0.254 e. The summed E-state index contributed by atoms with van der Waals surface area (Å²) in [5.41, 5.74) is 1.44. The van der Waals surface area contributed by atoms with Crippen molar-refractivity contribution in [3.05, 3.63) is 64.7 Å². The number of benzene rings is 2. The Labute approximate surface area is 113 Å². The maximum Gasteiger partial charge on any atom is 0.0991 e. The van der Waals surface area contributed by atoms with E-state index in [-0.39, 0.29) is 0 Å². The molecular formula is C14H10ClNOS. The lowest BCUT2D eigenvalue weighted by Gasteiger charge is -2.04. The lowest BCUT2D eigenvalue weighted by Crippen LogP contribution is -1.97. The Kier molecular flexibility index (Phi) is 4.14. The van der Waals surface area contributed by atoms with Crippen LogP contribution in [0.5, 0.6) is 0 Å². The average Bonchev–Trinajstić information content (AvgIpc) is 2.39. The zero-order chi connectivity index (χ0) is 13.0. The summed E-state index contributed by atoms with van der Waals surface area (Å²) in [5.74, 6) is 0.360. The first-order valence-corrected chi connectivity index (χ1v) is 7.02. The molecule has 0 heterocycles. The molecular weight excluding hydrogens is 266 g/mol. The molecule has 0 fully saturated rings. The van der Waals surface area contributed by atoms with Gasteiger partial charge in [0.15, 0.2) is 0 Å². The zero-order valence-corrected chi connectivity index (χ0v) is 11.0. The first-order valence-electron chi connectivity index (χ1n) is 5.32. The Morgan fingerprint density at radius 2 is 1.94 bits per heavy atom. The number of rotatable bonds is 3. The van der Waals surface area contributed by atoms with E-state index < -0.39 is 10.8 Å². The van der Waals surface area contributed by atoms with E-state index in [2.05, 4.69) is 6.07 Å². The molecule has 2 aromatic rings. The number of halogens is 1. The molecule has 0 bridgehead atoms. The molecule has 18 heavy (non-hydrogen) atoms. The van der Waals surface area contributed by atoms with Gasteiger partial charge >= 0.3 is 0 Å². The van der Waals surface area contributed by atoms with Crippen molar-refractivity contribution in [2.24, 2.45) is 0 Å². The zero-order valence-electron chi connectivity index (χ0n) is 9.47. The van der Waals surface area contributed by atoms with E-state index in [0.717, 1.165) is 5.56 Å². The van der Waals surface area contributed by atoms with Crippen LogP contribution in [0.15, 0.2) is 53.4 Å². The van der Waals surface area contributed by atoms with Crippen molar-refractivity contribution in [2.75, 3.05) is 0 Å². The molecule has 0 amide bonds. The van der Waals surface area contributed by atoms with E-state index in [9.17, 15) is 4.21 Å². The fraction of sp³-hybridized carbons (Fsp3) is 0.0714. The van der Waals surface area contributed by atoms with Crippen molar-refractivity contribution in [1.82, 2.24) is 0 Å². The van der Waals surface area contributed by atoms with Crippen LogP contribution in [0.25, 0.3) is 0 Å². The van der Waals surface area contributed by atoms with Gasteiger partial charge in [0.2, 0.25) is 0 Å². The maximum atomic E-state index is 12.2. The van der Waals surface area contributed by atoms with Crippen molar-refractivity contribution >= 4 is 22.4 Å². The normalized spacial score (nSPS) is 11.8. The van der Waals surface area contributed by atoms with Crippen LogP contribution in [0.4, 0.5) is 0 Å². The van der Waals surface area contributed by atoms with Crippen molar-refractivity contribution < 1.29 is 4.21 Å². The van der Waals surface area contributed by atoms with Crippen LogP contribution in [0.2, 0.25) is 5.02 Å². The highest BCUT2D eigenvalue weighted by Crippen LogP contribution is 2.21. The molecule has 0 aliphatic heterocycles. The van der Waals surface area contributed by atoms with E-state index in [1.165, 1.54) is 0 Å². The Morgan fingerprint density at radius 1 is 1.17 bits per heavy atom. The van der Waals surface area contributed by atoms with Crippen molar-refractivity contribution in [3.8, 4) is 6.07 Å². The molecule has 0 saturated heterocycles. The number of nitriles is 1. The van der Waals surface area contributed by atoms with Crippen molar-refractivity contribution in [3.63, 3.8) is 0 Å². The van der Waals surface area contributed by atoms with Gasteiger partial charge in [-0.3, -0.25) is 4.21 Å². The highest BCUT2D eigenvalue weighted by atomic mass is 35.5. The second kappa shape index (κ2) is 5.81. The van der Waals surface area contributed by atoms with Gasteiger partial charge in [-0.2, -0.15) is 5.26 Å². The average molecular weight is 276 g/mol.